The Labute approximate surface area is 210 Å². The number of aryl methyl sites for hydroxylation is 2. The Morgan fingerprint density at radius 2 is 1.47 bits per heavy atom. The predicted octanol–water partition coefficient (Wildman–Crippen LogP) is 5.21. The van der Waals surface area contributed by atoms with Crippen molar-refractivity contribution in [2.45, 2.75) is 26.3 Å². The highest BCUT2D eigenvalue weighted by atomic mass is 16.5. The zero-order valence-electron chi connectivity index (χ0n) is 21.0. The molecule has 1 amide bonds. The Kier molecular flexibility index (Phi) is 7.01. The van der Waals surface area contributed by atoms with E-state index in [1.165, 1.54) is 19.1 Å². The second kappa shape index (κ2) is 10.2. The molecule has 1 atom stereocenters. The number of carbonyl (C=O) groups excluding carboxylic acids is 2. The van der Waals surface area contributed by atoms with Crippen LogP contribution in [0.4, 0.5) is 5.69 Å². The molecule has 4 rings (SSSR count). The van der Waals surface area contributed by atoms with Crippen LogP contribution in [0.2, 0.25) is 0 Å². The molecular formula is C29H29NO6. The average molecular weight is 488 g/mol. The van der Waals surface area contributed by atoms with Crippen molar-refractivity contribution in [1.29, 1.82) is 0 Å². The number of aliphatic hydroxyl groups excluding tert-OH is 1. The highest BCUT2D eigenvalue weighted by molar-refractivity contribution is 6.51. The molecule has 0 aromatic heterocycles. The fourth-order valence-electron chi connectivity index (χ4n) is 4.46. The summed E-state index contributed by atoms with van der Waals surface area (Å²) >= 11 is 0. The van der Waals surface area contributed by atoms with E-state index in [1.54, 1.807) is 43.5 Å². The first-order valence-corrected chi connectivity index (χ1v) is 11.6. The molecule has 7 nitrogen and oxygen atoms in total. The van der Waals surface area contributed by atoms with E-state index < -0.39 is 17.7 Å². The van der Waals surface area contributed by atoms with Crippen molar-refractivity contribution in [2.24, 2.45) is 0 Å². The number of ketones is 1. The van der Waals surface area contributed by atoms with Gasteiger partial charge < -0.3 is 19.3 Å². The average Bonchev–Trinajstić information content (AvgIpc) is 3.17. The lowest BCUT2D eigenvalue weighted by Crippen LogP contribution is -2.29. The second-order valence-electron chi connectivity index (χ2n) is 8.52. The monoisotopic (exact) mass is 487 g/mol. The number of amides is 1. The number of anilines is 1. The van der Waals surface area contributed by atoms with Gasteiger partial charge in [-0.1, -0.05) is 31.2 Å². The number of hydrogen-bond acceptors (Lipinski definition) is 6. The van der Waals surface area contributed by atoms with E-state index in [1.807, 2.05) is 31.2 Å². The smallest absolute Gasteiger partial charge is 0.300 e. The predicted molar refractivity (Wildman–Crippen MR) is 138 cm³/mol. The number of rotatable bonds is 7. The molecule has 36 heavy (non-hydrogen) atoms. The Balaban J connectivity index is 1.96. The molecule has 0 saturated carbocycles. The van der Waals surface area contributed by atoms with Gasteiger partial charge in [0, 0.05) is 23.8 Å². The van der Waals surface area contributed by atoms with Gasteiger partial charge >= 0.3 is 0 Å². The van der Waals surface area contributed by atoms with E-state index >= 15 is 0 Å². The molecule has 1 aliphatic rings. The number of carbonyl (C=O) groups is 2. The topological polar surface area (TPSA) is 85.3 Å². The van der Waals surface area contributed by atoms with Crippen LogP contribution in [0.3, 0.4) is 0 Å². The normalized spacial score (nSPS) is 16.8. The Morgan fingerprint density at radius 1 is 0.861 bits per heavy atom. The molecule has 7 heteroatoms. The summed E-state index contributed by atoms with van der Waals surface area (Å²) in [5.74, 6) is -0.193. The van der Waals surface area contributed by atoms with Crippen LogP contribution in [0.15, 0.2) is 66.2 Å². The number of benzene rings is 3. The van der Waals surface area contributed by atoms with Crippen LogP contribution >= 0.6 is 0 Å². The Bertz CT molecular complexity index is 1320. The molecular weight excluding hydrogens is 458 g/mol. The summed E-state index contributed by atoms with van der Waals surface area (Å²) in [5.41, 5.74) is 3.40. The molecule has 0 radical (unpaired) electrons. The lowest BCUT2D eigenvalue weighted by Gasteiger charge is -2.26. The van der Waals surface area contributed by atoms with Crippen LogP contribution in [0, 0.1) is 6.92 Å². The van der Waals surface area contributed by atoms with Crippen molar-refractivity contribution in [3.63, 3.8) is 0 Å². The number of Topliss-reactive ketones (excluding diaryl/α,β-unsaturated/α-hetero) is 1. The maximum atomic E-state index is 13.5. The van der Waals surface area contributed by atoms with Gasteiger partial charge in [-0.15, -0.1) is 0 Å². The Hall–Kier alpha value is -4.26. The van der Waals surface area contributed by atoms with Gasteiger partial charge in [0.2, 0.25) is 0 Å². The van der Waals surface area contributed by atoms with E-state index in [-0.39, 0.29) is 11.3 Å². The first kappa shape index (κ1) is 24.9. The van der Waals surface area contributed by atoms with E-state index in [4.69, 9.17) is 14.2 Å². The first-order valence-electron chi connectivity index (χ1n) is 11.6. The lowest BCUT2D eigenvalue weighted by molar-refractivity contribution is -0.132. The van der Waals surface area contributed by atoms with Crippen LogP contribution in [-0.2, 0) is 16.0 Å². The maximum absolute atomic E-state index is 13.5. The molecule has 1 aliphatic heterocycles. The van der Waals surface area contributed by atoms with Crippen LogP contribution in [0.25, 0.3) is 5.76 Å². The maximum Gasteiger partial charge on any atom is 0.300 e. The number of methoxy groups -OCH3 is 3. The van der Waals surface area contributed by atoms with E-state index in [9.17, 15) is 14.7 Å². The third kappa shape index (κ3) is 4.40. The van der Waals surface area contributed by atoms with Crippen molar-refractivity contribution in [1.82, 2.24) is 0 Å². The SMILES string of the molecule is CCc1ccc(C2/C(=C(/O)c3ccc(OC)cc3C)C(=O)C(=O)N2c2cc(OC)cc(OC)c2)cc1. The van der Waals surface area contributed by atoms with Crippen LogP contribution in [-0.4, -0.2) is 38.1 Å². The summed E-state index contributed by atoms with van der Waals surface area (Å²) in [7, 11) is 4.59. The number of hydrogen-bond donors (Lipinski definition) is 1. The molecule has 1 saturated heterocycles. The molecule has 0 aliphatic carbocycles. The Morgan fingerprint density at radius 3 is 2.00 bits per heavy atom. The standard InChI is InChI=1S/C29H29NO6/c1-6-18-7-9-19(10-8-18)26-25(27(31)24-12-11-21(34-3)13-17(24)2)28(32)29(33)30(26)20-14-22(35-4)16-23(15-20)36-5/h7-16,26,31H,6H2,1-5H3/b27-25-. The van der Waals surface area contributed by atoms with Gasteiger partial charge in [-0.2, -0.15) is 0 Å². The molecule has 3 aromatic rings. The second-order valence-corrected chi connectivity index (χ2v) is 8.52. The molecule has 3 aromatic carbocycles. The summed E-state index contributed by atoms with van der Waals surface area (Å²) in [5, 5.41) is 11.4. The van der Waals surface area contributed by atoms with E-state index in [0.717, 1.165) is 12.0 Å². The van der Waals surface area contributed by atoms with Crippen molar-refractivity contribution in [3.8, 4) is 17.2 Å². The molecule has 1 N–H and O–H groups in total. The molecule has 0 bridgehead atoms. The van der Waals surface area contributed by atoms with E-state index in [0.29, 0.717) is 39.6 Å². The summed E-state index contributed by atoms with van der Waals surface area (Å²) in [6, 6.07) is 17.0. The van der Waals surface area contributed by atoms with Crippen LogP contribution in [0.5, 0.6) is 17.2 Å². The summed E-state index contributed by atoms with van der Waals surface area (Å²) < 4.78 is 16.1. The number of ether oxygens (including phenoxy) is 3. The van der Waals surface area contributed by atoms with Gasteiger partial charge in [0.05, 0.1) is 38.6 Å². The molecule has 1 heterocycles. The summed E-state index contributed by atoms with van der Waals surface area (Å²) in [4.78, 5) is 28.3. The van der Waals surface area contributed by atoms with Gasteiger partial charge in [-0.25, -0.2) is 0 Å². The van der Waals surface area contributed by atoms with Crippen molar-refractivity contribution >= 4 is 23.1 Å². The van der Waals surface area contributed by atoms with Gasteiger partial charge in [0.1, 0.15) is 23.0 Å². The summed E-state index contributed by atoms with van der Waals surface area (Å²) in [6.45, 7) is 3.86. The molecule has 1 fully saturated rings. The lowest BCUT2D eigenvalue weighted by atomic mass is 9.93. The minimum atomic E-state index is -0.853. The van der Waals surface area contributed by atoms with Gasteiger partial charge in [-0.3, -0.25) is 14.5 Å². The fraction of sp³-hybridized carbons (Fsp3) is 0.241. The highest BCUT2D eigenvalue weighted by Gasteiger charge is 2.47. The zero-order valence-corrected chi connectivity index (χ0v) is 21.0. The fourth-order valence-corrected chi connectivity index (χ4v) is 4.46. The van der Waals surface area contributed by atoms with Gasteiger partial charge in [0.25, 0.3) is 11.7 Å². The van der Waals surface area contributed by atoms with Crippen molar-refractivity contribution < 1.29 is 28.9 Å². The van der Waals surface area contributed by atoms with Crippen LogP contribution in [0.1, 0.15) is 35.2 Å². The zero-order chi connectivity index (χ0) is 26.0. The largest absolute Gasteiger partial charge is 0.507 e. The van der Waals surface area contributed by atoms with Crippen molar-refractivity contribution in [2.75, 3.05) is 26.2 Å². The number of nitrogens with zero attached hydrogens (tertiary/aromatic N) is 1. The minimum Gasteiger partial charge on any atom is -0.507 e. The molecule has 1 unspecified atom stereocenters. The third-order valence-corrected chi connectivity index (χ3v) is 6.45. The molecule has 186 valence electrons. The van der Waals surface area contributed by atoms with Crippen molar-refractivity contribution in [3.05, 3.63) is 88.5 Å². The third-order valence-electron chi connectivity index (χ3n) is 6.45. The minimum absolute atomic E-state index is 0.0132. The van der Waals surface area contributed by atoms with Gasteiger partial charge in [0.15, 0.2) is 0 Å². The van der Waals surface area contributed by atoms with E-state index in [2.05, 4.69) is 6.92 Å². The quantitative estimate of drug-likeness (QED) is 0.280. The number of aliphatic hydroxyl groups is 1. The summed E-state index contributed by atoms with van der Waals surface area (Å²) in [6.07, 6.45) is 0.846. The highest BCUT2D eigenvalue weighted by Crippen LogP contribution is 2.44. The van der Waals surface area contributed by atoms with Crippen LogP contribution < -0.4 is 19.1 Å². The van der Waals surface area contributed by atoms with Gasteiger partial charge in [-0.05, 0) is 48.2 Å². The molecule has 0 spiro atoms. The first-order chi connectivity index (χ1) is 17.3.